The molecule has 0 atom stereocenters. The second-order valence-corrected chi connectivity index (χ2v) is 3.66. The van der Waals surface area contributed by atoms with E-state index in [2.05, 4.69) is 15.0 Å². The van der Waals surface area contributed by atoms with Crippen molar-refractivity contribution in [3.63, 3.8) is 0 Å². The van der Waals surface area contributed by atoms with Crippen LogP contribution in [0, 0.1) is 0 Å². The van der Waals surface area contributed by atoms with Gasteiger partial charge in [0.2, 0.25) is 0 Å². The lowest BCUT2D eigenvalue weighted by molar-refractivity contribution is 0.451. The van der Waals surface area contributed by atoms with E-state index in [4.69, 9.17) is 0 Å². The molecule has 3 rings (SSSR count). The highest BCUT2D eigenvalue weighted by molar-refractivity contribution is 5.85. The van der Waals surface area contributed by atoms with E-state index in [1.807, 2.05) is 6.07 Å². The van der Waals surface area contributed by atoms with Gasteiger partial charge in [0.15, 0.2) is 5.65 Å². The van der Waals surface area contributed by atoms with Crippen LogP contribution in [-0.2, 0) is 0 Å². The number of phenols is 2. The van der Waals surface area contributed by atoms with Crippen LogP contribution in [0.25, 0.3) is 22.6 Å². The van der Waals surface area contributed by atoms with E-state index in [9.17, 15) is 10.2 Å². The van der Waals surface area contributed by atoms with Crippen LogP contribution in [0.2, 0.25) is 0 Å². The number of halogens is 1. The van der Waals surface area contributed by atoms with Gasteiger partial charge in [-0.05, 0) is 24.3 Å². The van der Waals surface area contributed by atoms with Gasteiger partial charge >= 0.3 is 0 Å². The molecular weight excluding hydrogens is 254 g/mol. The Morgan fingerprint density at radius 2 is 1.94 bits per heavy atom. The molecule has 0 aliphatic carbocycles. The molecule has 92 valence electrons. The number of aromatic nitrogens is 3. The summed E-state index contributed by atoms with van der Waals surface area (Å²) in [5, 5.41) is 19.0. The van der Waals surface area contributed by atoms with Gasteiger partial charge in [-0.15, -0.1) is 12.4 Å². The number of phenolic OH excluding ortho intramolecular Hbond substituents is 2. The van der Waals surface area contributed by atoms with Crippen molar-refractivity contribution in [3.05, 3.63) is 36.5 Å². The number of imidazole rings is 1. The lowest BCUT2D eigenvalue weighted by atomic mass is 10.2. The van der Waals surface area contributed by atoms with Gasteiger partial charge in [-0.1, -0.05) is 0 Å². The number of pyridine rings is 1. The minimum Gasteiger partial charge on any atom is -0.508 e. The number of H-pyrrole nitrogens is 1. The molecule has 0 unspecified atom stereocenters. The average Bonchev–Trinajstić information content (AvgIpc) is 2.72. The molecular formula is C12H10ClN3O2. The van der Waals surface area contributed by atoms with Gasteiger partial charge in [-0.25, -0.2) is 9.97 Å². The van der Waals surface area contributed by atoms with Crippen molar-refractivity contribution < 1.29 is 10.2 Å². The van der Waals surface area contributed by atoms with Gasteiger partial charge in [-0.2, -0.15) is 0 Å². The fourth-order valence-electron chi connectivity index (χ4n) is 1.69. The summed E-state index contributed by atoms with van der Waals surface area (Å²) in [4.78, 5) is 11.4. The summed E-state index contributed by atoms with van der Waals surface area (Å²) in [5.74, 6) is 0.515. The third-order valence-corrected chi connectivity index (χ3v) is 2.49. The molecule has 18 heavy (non-hydrogen) atoms. The monoisotopic (exact) mass is 263 g/mol. The zero-order valence-electron chi connectivity index (χ0n) is 9.16. The number of rotatable bonds is 1. The summed E-state index contributed by atoms with van der Waals surface area (Å²) in [6.45, 7) is 0. The number of aromatic amines is 1. The zero-order valence-corrected chi connectivity index (χ0v) is 9.98. The Bertz CT molecular complexity index is 664. The molecule has 0 amide bonds. The highest BCUT2D eigenvalue weighted by Crippen LogP contribution is 2.30. The molecule has 0 saturated heterocycles. The number of nitrogens with one attached hydrogen (secondary N) is 1. The Balaban J connectivity index is 0.00000120. The molecule has 1 aromatic carbocycles. The zero-order chi connectivity index (χ0) is 11.8. The van der Waals surface area contributed by atoms with E-state index in [0.717, 1.165) is 5.52 Å². The van der Waals surface area contributed by atoms with Crippen molar-refractivity contribution in [2.75, 3.05) is 0 Å². The van der Waals surface area contributed by atoms with Crippen LogP contribution in [0.5, 0.6) is 11.5 Å². The number of nitrogens with zero attached hydrogens (tertiary/aromatic N) is 2. The van der Waals surface area contributed by atoms with E-state index < -0.39 is 0 Å². The van der Waals surface area contributed by atoms with Crippen molar-refractivity contribution >= 4 is 23.6 Å². The van der Waals surface area contributed by atoms with Crippen molar-refractivity contribution in [1.29, 1.82) is 0 Å². The van der Waals surface area contributed by atoms with Gasteiger partial charge in [-0.3, -0.25) is 0 Å². The van der Waals surface area contributed by atoms with E-state index in [1.165, 1.54) is 12.1 Å². The summed E-state index contributed by atoms with van der Waals surface area (Å²) in [5.41, 5.74) is 1.92. The molecule has 0 saturated carbocycles. The topological polar surface area (TPSA) is 82.0 Å². The van der Waals surface area contributed by atoms with Gasteiger partial charge in [0.1, 0.15) is 17.3 Å². The molecule has 5 nitrogen and oxygen atoms in total. The number of hydrogen-bond donors (Lipinski definition) is 3. The lowest BCUT2D eigenvalue weighted by Gasteiger charge is -2.00. The van der Waals surface area contributed by atoms with Crippen LogP contribution in [0.3, 0.4) is 0 Å². The van der Waals surface area contributed by atoms with Crippen LogP contribution in [-0.4, -0.2) is 25.2 Å². The van der Waals surface area contributed by atoms with Gasteiger partial charge < -0.3 is 15.2 Å². The van der Waals surface area contributed by atoms with Crippen molar-refractivity contribution in [3.8, 4) is 22.9 Å². The molecule has 0 aliphatic rings. The maximum absolute atomic E-state index is 9.73. The van der Waals surface area contributed by atoms with Crippen LogP contribution in [0.15, 0.2) is 36.5 Å². The van der Waals surface area contributed by atoms with Crippen molar-refractivity contribution in [2.45, 2.75) is 0 Å². The normalized spacial score (nSPS) is 10.2. The molecule has 3 N–H and O–H groups in total. The maximum atomic E-state index is 9.73. The van der Waals surface area contributed by atoms with E-state index in [-0.39, 0.29) is 23.9 Å². The standard InChI is InChI=1S/C12H9N3O2.ClH/c16-7-3-4-8(10(17)6-7)11-14-9-2-1-5-13-12(9)15-11;/h1-6,16-17H,(H,13,14,15);1H. The fourth-order valence-corrected chi connectivity index (χ4v) is 1.69. The Hall–Kier alpha value is -2.27. The third-order valence-electron chi connectivity index (χ3n) is 2.49. The Morgan fingerprint density at radius 3 is 2.67 bits per heavy atom. The predicted molar refractivity (Wildman–Crippen MR) is 69.9 cm³/mol. The number of benzene rings is 1. The fraction of sp³-hybridized carbons (Fsp3) is 0. The van der Waals surface area contributed by atoms with Crippen LogP contribution < -0.4 is 0 Å². The maximum Gasteiger partial charge on any atom is 0.178 e. The minimum absolute atomic E-state index is 0. The minimum atomic E-state index is -0.0240. The largest absolute Gasteiger partial charge is 0.508 e. The average molecular weight is 264 g/mol. The third kappa shape index (κ3) is 1.96. The Labute approximate surface area is 109 Å². The molecule has 0 aliphatic heterocycles. The summed E-state index contributed by atoms with van der Waals surface area (Å²) < 4.78 is 0. The quantitative estimate of drug-likeness (QED) is 0.630. The number of aromatic hydroxyl groups is 2. The van der Waals surface area contributed by atoms with Crippen LogP contribution in [0.1, 0.15) is 0 Å². The lowest BCUT2D eigenvalue weighted by Crippen LogP contribution is -1.81. The second kappa shape index (κ2) is 4.54. The second-order valence-electron chi connectivity index (χ2n) is 3.66. The van der Waals surface area contributed by atoms with E-state index >= 15 is 0 Å². The highest BCUT2D eigenvalue weighted by Gasteiger charge is 2.10. The summed E-state index contributed by atoms with van der Waals surface area (Å²) in [6, 6.07) is 8.03. The number of hydrogen-bond acceptors (Lipinski definition) is 4. The summed E-state index contributed by atoms with van der Waals surface area (Å²) in [7, 11) is 0. The van der Waals surface area contributed by atoms with Gasteiger partial charge in [0, 0.05) is 12.3 Å². The van der Waals surface area contributed by atoms with Crippen molar-refractivity contribution in [2.24, 2.45) is 0 Å². The molecule has 0 spiro atoms. The molecule has 0 bridgehead atoms. The summed E-state index contributed by atoms with van der Waals surface area (Å²) >= 11 is 0. The smallest absolute Gasteiger partial charge is 0.178 e. The molecule has 2 aromatic heterocycles. The first-order chi connectivity index (χ1) is 8.24. The molecule has 3 aromatic rings. The van der Waals surface area contributed by atoms with Gasteiger partial charge in [0.05, 0.1) is 11.1 Å². The predicted octanol–water partition coefficient (Wildman–Crippen LogP) is 2.46. The highest BCUT2D eigenvalue weighted by atomic mass is 35.5. The molecule has 2 heterocycles. The molecule has 0 radical (unpaired) electrons. The Kier molecular flexibility index (Phi) is 3.08. The van der Waals surface area contributed by atoms with Gasteiger partial charge in [0.25, 0.3) is 0 Å². The number of fused-ring (bicyclic) bond motifs is 1. The van der Waals surface area contributed by atoms with E-state index in [0.29, 0.717) is 17.0 Å². The van der Waals surface area contributed by atoms with Crippen LogP contribution in [0.4, 0.5) is 0 Å². The molecule has 0 fully saturated rings. The first kappa shape index (κ1) is 12.2. The Morgan fingerprint density at radius 1 is 1.11 bits per heavy atom. The van der Waals surface area contributed by atoms with Crippen LogP contribution >= 0.6 is 12.4 Å². The van der Waals surface area contributed by atoms with E-state index in [1.54, 1.807) is 18.3 Å². The first-order valence-corrected chi connectivity index (χ1v) is 5.07. The summed E-state index contributed by atoms with van der Waals surface area (Å²) in [6.07, 6.45) is 1.66. The SMILES string of the molecule is Cl.Oc1ccc(-c2nc3ncccc3[nH]2)c(O)c1. The molecule has 6 heteroatoms. The van der Waals surface area contributed by atoms with Crippen molar-refractivity contribution in [1.82, 2.24) is 15.0 Å². The first-order valence-electron chi connectivity index (χ1n) is 5.07.